The van der Waals surface area contributed by atoms with Gasteiger partial charge in [-0.05, 0) is 24.6 Å². The number of benzene rings is 1. The highest BCUT2D eigenvalue weighted by Gasteiger charge is 2.18. The third kappa shape index (κ3) is 4.49. The van der Waals surface area contributed by atoms with Gasteiger partial charge in [-0.2, -0.15) is 0 Å². The van der Waals surface area contributed by atoms with Crippen LogP contribution in [0.5, 0.6) is 0 Å². The standard InChI is InChI=1S/C14H19ClN2O2/c1-10(11-2-4-12(15)5-3-11)17-14(18)8-13-9-16-6-7-19-13/h2-5,10,13,16H,6-9H2,1H3,(H,17,18). The number of hydrogen-bond donors (Lipinski definition) is 2. The van der Waals surface area contributed by atoms with Crippen LogP contribution in [0.4, 0.5) is 0 Å². The predicted octanol–water partition coefficient (Wildman–Crippen LogP) is 1.90. The maximum Gasteiger partial charge on any atom is 0.223 e. The van der Waals surface area contributed by atoms with E-state index in [4.69, 9.17) is 16.3 Å². The maximum absolute atomic E-state index is 11.9. The number of morpholine rings is 1. The molecule has 1 aromatic carbocycles. The minimum Gasteiger partial charge on any atom is -0.375 e. The summed E-state index contributed by atoms with van der Waals surface area (Å²) in [6.45, 7) is 4.23. The fourth-order valence-corrected chi connectivity index (χ4v) is 2.22. The van der Waals surface area contributed by atoms with E-state index in [2.05, 4.69) is 10.6 Å². The van der Waals surface area contributed by atoms with Gasteiger partial charge in [0.15, 0.2) is 0 Å². The molecule has 0 aliphatic carbocycles. The molecular formula is C14H19ClN2O2. The normalized spacial score (nSPS) is 20.8. The number of carbonyl (C=O) groups excluding carboxylic acids is 1. The molecule has 104 valence electrons. The highest BCUT2D eigenvalue weighted by atomic mass is 35.5. The molecule has 1 aliphatic rings. The smallest absolute Gasteiger partial charge is 0.223 e. The van der Waals surface area contributed by atoms with Crippen molar-refractivity contribution in [3.63, 3.8) is 0 Å². The highest BCUT2D eigenvalue weighted by Crippen LogP contribution is 2.16. The summed E-state index contributed by atoms with van der Waals surface area (Å²) < 4.78 is 5.51. The fourth-order valence-electron chi connectivity index (χ4n) is 2.09. The van der Waals surface area contributed by atoms with Gasteiger partial charge in [0.25, 0.3) is 0 Å². The minimum absolute atomic E-state index is 0.0103. The number of ether oxygens (including phenoxy) is 1. The van der Waals surface area contributed by atoms with E-state index < -0.39 is 0 Å². The van der Waals surface area contributed by atoms with E-state index in [0.29, 0.717) is 18.1 Å². The molecule has 0 bridgehead atoms. The van der Waals surface area contributed by atoms with E-state index in [1.165, 1.54) is 0 Å². The third-order valence-electron chi connectivity index (χ3n) is 3.16. The molecule has 2 rings (SSSR count). The minimum atomic E-state index is -0.0266. The largest absolute Gasteiger partial charge is 0.375 e. The number of carbonyl (C=O) groups is 1. The Labute approximate surface area is 118 Å². The molecule has 0 saturated carbocycles. The Bertz CT molecular complexity index is 416. The zero-order valence-electron chi connectivity index (χ0n) is 11.0. The Morgan fingerprint density at radius 3 is 2.89 bits per heavy atom. The summed E-state index contributed by atoms with van der Waals surface area (Å²) in [6.07, 6.45) is 0.372. The van der Waals surface area contributed by atoms with Crippen molar-refractivity contribution in [1.29, 1.82) is 0 Å². The van der Waals surface area contributed by atoms with Crippen LogP contribution in [-0.2, 0) is 9.53 Å². The molecule has 4 nitrogen and oxygen atoms in total. The van der Waals surface area contributed by atoms with Crippen LogP contribution < -0.4 is 10.6 Å². The van der Waals surface area contributed by atoms with Crippen molar-refractivity contribution in [3.05, 3.63) is 34.9 Å². The molecule has 0 radical (unpaired) electrons. The zero-order valence-corrected chi connectivity index (χ0v) is 11.7. The van der Waals surface area contributed by atoms with Gasteiger partial charge in [0.2, 0.25) is 5.91 Å². The summed E-state index contributed by atoms with van der Waals surface area (Å²) >= 11 is 5.84. The van der Waals surface area contributed by atoms with Crippen LogP contribution in [0.1, 0.15) is 24.9 Å². The molecular weight excluding hydrogens is 264 g/mol. The molecule has 2 atom stereocenters. The lowest BCUT2D eigenvalue weighted by molar-refractivity contribution is -0.125. The average molecular weight is 283 g/mol. The lowest BCUT2D eigenvalue weighted by atomic mass is 10.1. The number of halogens is 1. The lowest BCUT2D eigenvalue weighted by Gasteiger charge is -2.24. The molecule has 2 unspecified atom stereocenters. The van der Waals surface area contributed by atoms with Gasteiger partial charge >= 0.3 is 0 Å². The van der Waals surface area contributed by atoms with Crippen molar-refractivity contribution < 1.29 is 9.53 Å². The molecule has 1 saturated heterocycles. The van der Waals surface area contributed by atoms with Gasteiger partial charge in [0.1, 0.15) is 0 Å². The Balaban J connectivity index is 1.82. The van der Waals surface area contributed by atoms with Crippen molar-refractivity contribution in [1.82, 2.24) is 10.6 Å². The first kappa shape index (κ1) is 14.3. The van der Waals surface area contributed by atoms with Gasteiger partial charge in [0.05, 0.1) is 25.2 Å². The zero-order chi connectivity index (χ0) is 13.7. The second kappa shape index (κ2) is 6.89. The molecule has 0 aromatic heterocycles. The monoisotopic (exact) mass is 282 g/mol. The number of nitrogens with one attached hydrogen (secondary N) is 2. The van der Waals surface area contributed by atoms with Crippen LogP contribution in [0.3, 0.4) is 0 Å². The van der Waals surface area contributed by atoms with E-state index in [1.807, 2.05) is 31.2 Å². The molecule has 5 heteroatoms. The molecule has 1 heterocycles. The first-order valence-electron chi connectivity index (χ1n) is 6.52. The van der Waals surface area contributed by atoms with Crippen LogP contribution in [0.15, 0.2) is 24.3 Å². The average Bonchev–Trinajstić information content (AvgIpc) is 2.40. The Morgan fingerprint density at radius 2 is 2.26 bits per heavy atom. The predicted molar refractivity (Wildman–Crippen MR) is 75.2 cm³/mol. The SMILES string of the molecule is CC(NC(=O)CC1CNCCO1)c1ccc(Cl)cc1. The van der Waals surface area contributed by atoms with Crippen LogP contribution in [-0.4, -0.2) is 31.7 Å². The summed E-state index contributed by atoms with van der Waals surface area (Å²) in [4.78, 5) is 11.9. The van der Waals surface area contributed by atoms with Crippen molar-refractivity contribution >= 4 is 17.5 Å². The fraction of sp³-hybridized carbons (Fsp3) is 0.500. The number of hydrogen-bond acceptors (Lipinski definition) is 3. The Morgan fingerprint density at radius 1 is 1.53 bits per heavy atom. The van der Waals surface area contributed by atoms with Gasteiger partial charge in [0, 0.05) is 18.1 Å². The topological polar surface area (TPSA) is 50.4 Å². The molecule has 1 aliphatic heterocycles. The van der Waals surface area contributed by atoms with Crippen LogP contribution in [0.25, 0.3) is 0 Å². The van der Waals surface area contributed by atoms with Gasteiger partial charge in [-0.1, -0.05) is 23.7 Å². The molecule has 1 aromatic rings. The summed E-state index contributed by atoms with van der Waals surface area (Å²) in [5, 5.41) is 6.88. The van der Waals surface area contributed by atoms with Crippen molar-refractivity contribution in [3.8, 4) is 0 Å². The van der Waals surface area contributed by atoms with Gasteiger partial charge < -0.3 is 15.4 Å². The first-order chi connectivity index (χ1) is 9.15. The van der Waals surface area contributed by atoms with E-state index in [0.717, 1.165) is 18.7 Å². The molecule has 1 fully saturated rings. The lowest BCUT2D eigenvalue weighted by Crippen LogP contribution is -2.41. The Kier molecular flexibility index (Phi) is 5.19. The summed E-state index contributed by atoms with van der Waals surface area (Å²) in [5.74, 6) is 0.0103. The maximum atomic E-state index is 11.9. The summed E-state index contributed by atoms with van der Waals surface area (Å²) in [5.41, 5.74) is 1.04. The van der Waals surface area contributed by atoms with Crippen molar-refractivity contribution in [2.24, 2.45) is 0 Å². The Hall–Kier alpha value is -1.10. The van der Waals surface area contributed by atoms with Gasteiger partial charge in [-0.3, -0.25) is 4.79 Å². The van der Waals surface area contributed by atoms with E-state index in [9.17, 15) is 4.79 Å². The first-order valence-corrected chi connectivity index (χ1v) is 6.90. The second-order valence-electron chi connectivity index (χ2n) is 4.74. The number of amides is 1. The molecule has 19 heavy (non-hydrogen) atoms. The molecule has 1 amide bonds. The van der Waals surface area contributed by atoms with Crippen molar-refractivity contribution in [2.45, 2.75) is 25.5 Å². The quantitative estimate of drug-likeness (QED) is 0.887. The van der Waals surface area contributed by atoms with E-state index >= 15 is 0 Å². The molecule has 0 spiro atoms. The van der Waals surface area contributed by atoms with Gasteiger partial charge in [-0.15, -0.1) is 0 Å². The van der Waals surface area contributed by atoms with E-state index in [-0.39, 0.29) is 18.1 Å². The molecule has 2 N–H and O–H groups in total. The second-order valence-corrected chi connectivity index (χ2v) is 5.18. The van der Waals surface area contributed by atoms with Crippen LogP contribution in [0, 0.1) is 0 Å². The highest BCUT2D eigenvalue weighted by molar-refractivity contribution is 6.30. The van der Waals surface area contributed by atoms with Crippen LogP contribution >= 0.6 is 11.6 Å². The summed E-state index contributed by atoms with van der Waals surface area (Å²) in [6, 6.07) is 7.47. The number of rotatable bonds is 4. The van der Waals surface area contributed by atoms with Gasteiger partial charge in [-0.25, -0.2) is 0 Å². The third-order valence-corrected chi connectivity index (χ3v) is 3.42. The summed E-state index contributed by atoms with van der Waals surface area (Å²) in [7, 11) is 0. The van der Waals surface area contributed by atoms with E-state index in [1.54, 1.807) is 0 Å². The van der Waals surface area contributed by atoms with Crippen molar-refractivity contribution in [2.75, 3.05) is 19.7 Å². The van der Waals surface area contributed by atoms with Crippen LogP contribution in [0.2, 0.25) is 5.02 Å².